The Hall–Kier alpha value is -1.50. The minimum atomic E-state index is 0.393. The highest BCUT2D eigenvalue weighted by Gasteiger charge is 2.22. The monoisotopic (exact) mass is 258 g/mol. The molecule has 0 heterocycles. The van der Waals surface area contributed by atoms with Crippen molar-refractivity contribution in [1.82, 2.24) is 4.90 Å². The van der Waals surface area contributed by atoms with Gasteiger partial charge in [0, 0.05) is 18.2 Å². The van der Waals surface area contributed by atoms with Crippen molar-refractivity contribution in [3.05, 3.63) is 29.3 Å². The summed E-state index contributed by atoms with van der Waals surface area (Å²) in [5, 5.41) is 0. The number of benzene rings is 1. The molecule has 1 aliphatic rings. The van der Waals surface area contributed by atoms with Crippen LogP contribution in [0.3, 0.4) is 0 Å². The topological polar surface area (TPSA) is 38.5 Å². The van der Waals surface area contributed by atoms with Crippen LogP contribution in [-0.4, -0.2) is 31.6 Å². The molecule has 0 aromatic heterocycles. The van der Waals surface area contributed by atoms with Crippen molar-refractivity contribution in [3.63, 3.8) is 0 Å². The van der Waals surface area contributed by atoms with Crippen LogP contribution in [0.5, 0.6) is 5.75 Å². The summed E-state index contributed by atoms with van der Waals surface area (Å²) in [5.74, 6) is 6.96. The lowest BCUT2D eigenvalue weighted by Gasteiger charge is -2.35. The van der Waals surface area contributed by atoms with Crippen molar-refractivity contribution in [3.8, 4) is 17.6 Å². The van der Waals surface area contributed by atoms with E-state index in [1.807, 2.05) is 12.1 Å². The second kappa shape index (κ2) is 6.60. The molecule has 0 amide bonds. The summed E-state index contributed by atoms with van der Waals surface area (Å²) in [6, 6.07) is 6.77. The zero-order valence-corrected chi connectivity index (χ0v) is 11.8. The van der Waals surface area contributed by atoms with Gasteiger partial charge in [-0.2, -0.15) is 0 Å². The highest BCUT2D eigenvalue weighted by Crippen LogP contribution is 2.26. The average molecular weight is 258 g/mol. The van der Waals surface area contributed by atoms with Crippen LogP contribution in [0, 0.1) is 11.8 Å². The first-order valence-electron chi connectivity index (χ1n) is 6.80. The fraction of sp³-hybridized carbons (Fsp3) is 0.500. The fourth-order valence-electron chi connectivity index (χ4n) is 2.32. The number of ether oxygens (including phenoxy) is 1. The molecule has 1 aromatic carbocycles. The summed E-state index contributed by atoms with van der Waals surface area (Å²) in [6.07, 6.45) is 3.97. The Morgan fingerprint density at radius 3 is 2.79 bits per heavy atom. The van der Waals surface area contributed by atoms with Crippen molar-refractivity contribution < 1.29 is 4.74 Å². The van der Waals surface area contributed by atoms with Crippen LogP contribution in [-0.2, 0) is 6.54 Å². The number of methoxy groups -OCH3 is 1. The van der Waals surface area contributed by atoms with Crippen LogP contribution < -0.4 is 10.5 Å². The molecule has 1 aromatic rings. The fourth-order valence-corrected chi connectivity index (χ4v) is 2.32. The normalized spacial score (nSPS) is 14.7. The highest BCUT2D eigenvalue weighted by atomic mass is 16.5. The summed E-state index contributed by atoms with van der Waals surface area (Å²) in [6.45, 7) is 1.31. The third-order valence-corrected chi connectivity index (χ3v) is 3.76. The average Bonchev–Trinajstić information content (AvgIpc) is 2.35. The van der Waals surface area contributed by atoms with Crippen molar-refractivity contribution in [2.45, 2.75) is 31.8 Å². The molecular formula is C16H22N2O. The summed E-state index contributed by atoms with van der Waals surface area (Å²) in [7, 11) is 3.88. The van der Waals surface area contributed by atoms with E-state index < -0.39 is 0 Å². The van der Waals surface area contributed by atoms with Crippen molar-refractivity contribution in [2.24, 2.45) is 5.73 Å². The van der Waals surface area contributed by atoms with E-state index in [2.05, 4.69) is 29.9 Å². The molecule has 3 nitrogen and oxygen atoms in total. The molecule has 1 fully saturated rings. The molecule has 0 saturated heterocycles. The van der Waals surface area contributed by atoms with Gasteiger partial charge in [0.15, 0.2) is 0 Å². The van der Waals surface area contributed by atoms with Crippen LogP contribution in [0.2, 0.25) is 0 Å². The Morgan fingerprint density at radius 2 is 2.21 bits per heavy atom. The van der Waals surface area contributed by atoms with Gasteiger partial charge in [0.05, 0.1) is 13.7 Å². The van der Waals surface area contributed by atoms with Gasteiger partial charge in [-0.25, -0.2) is 0 Å². The van der Waals surface area contributed by atoms with E-state index in [1.165, 1.54) is 24.8 Å². The van der Waals surface area contributed by atoms with E-state index in [0.717, 1.165) is 23.9 Å². The smallest absolute Gasteiger partial charge is 0.119 e. The summed E-state index contributed by atoms with van der Waals surface area (Å²) >= 11 is 0. The van der Waals surface area contributed by atoms with Crippen molar-refractivity contribution in [1.29, 1.82) is 0 Å². The minimum absolute atomic E-state index is 0.393. The van der Waals surface area contributed by atoms with E-state index in [4.69, 9.17) is 10.5 Å². The molecule has 0 radical (unpaired) electrons. The van der Waals surface area contributed by atoms with E-state index >= 15 is 0 Å². The predicted octanol–water partition coefficient (Wildman–Crippen LogP) is 1.99. The molecule has 0 spiro atoms. The molecule has 0 unspecified atom stereocenters. The minimum Gasteiger partial charge on any atom is -0.497 e. The molecular weight excluding hydrogens is 236 g/mol. The first-order valence-corrected chi connectivity index (χ1v) is 6.80. The Labute approximate surface area is 115 Å². The van der Waals surface area contributed by atoms with E-state index in [9.17, 15) is 0 Å². The molecule has 2 rings (SSSR count). The third kappa shape index (κ3) is 3.50. The van der Waals surface area contributed by atoms with Crippen molar-refractivity contribution in [2.75, 3.05) is 20.7 Å². The molecule has 0 atom stereocenters. The van der Waals surface area contributed by atoms with E-state index in [-0.39, 0.29) is 0 Å². The van der Waals surface area contributed by atoms with Gasteiger partial charge in [0.2, 0.25) is 0 Å². The van der Waals surface area contributed by atoms with E-state index in [0.29, 0.717) is 6.54 Å². The van der Waals surface area contributed by atoms with Gasteiger partial charge in [0.25, 0.3) is 0 Å². The standard InChI is InChI=1S/C16H22N2O/c1-18(15-6-3-7-15)12-14-11-16(19-2)9-8-13(14)5-4-10-17/h8-9,11,15H,3,6-7,10,12,17H2,1-2H3. The van der Waals surface area contributed by atoms with Gasteiger partial charge in [-0.15, -0.1) is 0 Å². The van der Waals surface area contributed by atoms with Crippen LogP contribution in [0.25, 0.3) is 0 Å². The van der Waals surface area contributed by atoms with Gasteiger partial charge in [-0.05, 0) is 43.7 Å². The molecule has 1 aliphatic carbocycles. The SMILES string of the molecule is COc1ccc(C#CCN)c(CN(C)C2CCC2)c1. The number of nitrogens with zero attached hydrogens (tertiary/aromatic N) is 1. The predicted molar refractivity (Wildman–Crippen MR) is 78.0 cm³/mol. The van der Waals surface area contributed by atoms with Gasteiger partial charge in [-0.1, -0.05) is 18.3 Å². The summed E-state index contributed by atoms with van der Waals surface area (Å²) < 4.78 is 5.31. The van der Waals surface area contributed by atoms with Crippen LogP contribution in [0.15, 0.2) is 18.2 Å². The van der Waals surface area contributed by atoms with Crippen molar-refractivity contribution >= 4 is 0 Å². The zero-order valence-electron chi connectivity index (χ0n) is 11.8. The van der Waals surface area contributed by atoms with Crippen LogP contribution >= 0.6 is 0 Å². The van der Waals surface area contributed by atoms with Gasteiger partial charge in [0.1, 0.15) is 5.75 Å². The molecule has 0 aliphatic heterocycles. The highest BCUT2D eigenvalue weighted by molar-refractivity contribution is 5.45. The number of hydrogen-bond acceptors (Lipinski definition) is 3. The first-order chi connectivity index (χ1) is 9.24. The number of rotatable bonds is 4. The van der Waals surface area contributed by atoms with Gasteiger partial charge >= 0.3 is 0 Å². The lowest BCUT2D eigenvalue weighted by molar-refractivity contribution is 0.152. The lowest BCUT2D eigenvalue weighted by Crippen LogP contribution is -2.36. The quantitative estimate of drug-likeness (QED) is 0.839. The Morgan fingerprint density at radius 1 is 1.42 bits per heavy atom. The maximum atomic E-state index is 5.45. The van der Waals surface area contributed by atoms with Crippen LogP contribution in [0.4, 0.5) is 0 Å². The first kappa shape index (κ1) is 13.9. The summed E-state index contributed by atoms with van der Waals surface area (Å²) in [4.78, 5) is 2.41. The Kier molecular flexibility index (Phi) is 4.84. The Balaban J connectivity index is 2.18. The zero-order chi connectivity index (χ0) is 13.7. The Bertz CT molecular complexity index is 483. The molecule has 1 saturated carbocycles. The second-order valence-corrected chi connectivity index (χ2v) is 5.03. The summed E-state index contributed by atoms with van der Waals surface area (Å²) in [5.41, 5.74) is 7.72. The maximum absolute atomic E-state index is 5.45. The third-order valence-electron chi connectivity index (χ3n) is 3.76. The maximum Gasteiger partial charge on any atom is 0.119 e. The lowest BCUT2D eigenvalue weighted by atomic mass is 9.91. The molecule has 2 N–H and O–H groups in total. The molecule has 0 bridgehead atoms. The van der Waals surface area contributed by atoms with E-state index in [1.54, 1.807) is 7.11 Å². The number of nitrogens with two attached hydrogens (primary N) is 1. The molecule has 3 heteroatoms. The van der Waals surface area contributed by atoms with Gasteiger partial charge in [-0.3, -0.25) is 4.90 Å². The molecule has 19 heavy (non-hydrogen) atoms. The van der Waals surface area contributed by atoms with Crippen LogP contribution in [0.1, 0.15) is 30.4 Å². The van der Waals surface area contributed by atoms with Gasteiger partial charge < -0.3 is 10.5 Å². The molecule has 102 valence electrons. The second-order valence-electron chi connectivity index (χ2n) is 5.03. The number of hydrogen-bond donors (Lipinski definition) is 1. The largest absolute Gasteiger partial charge is 0.497 e.